The first-order valence-corrected chi connectivity index (χ1v) is 12.4. The van der Waals surface area contributed by atoms with Crippen LogP contribution in [0.2, 0.25) is 0 Å². The first kappa shape index (κ1) is 22.7. The summed E-state index contributed by atoms with van der Waals surface area (Å²) in [4.78, 5) is 6.96. The van der Waals surface area contributed by atoms with Crippen molar-refractivity contribution in [2.24, 2.45) is 0 Å². The predicted octanol–water partition coefficient (Wildman–Crippen LogP) is 6.72. The summed E-state index contributed by atoms with van der Waals surface area (Å²) in [7, 11) is 0. The second-order valence-corrected chi connectivity index (χ2v) is 9.37. The van der Waals surface area contributed by atoms with Crippen LogP contribution in [0, 0.1) is 0 Å². The molecule has 0 radical (unpaired) electrons. The number of para-hydroxylation sites is 1. The van der Waals surface area contributed by atoms with E-state index in [9.17, 15) is 5.11 Å². The highest BCUT2D eigenvalue weighted by Crippen LogP contribution is 2.33. The molecule has 3 aromatic rings. The highest BCUT2D eigenvalue weighted by Gasteiger charge is 2.34. The van der Waals surface area contributed by atoms with Gasteiger partial charge >= 0.3 is 0 Å². The SMILES string of the molecule is CC/C=C\C(=C/CC)C1(O)CCN(Cc2ccc(Oc3nc4ccccc4s3)cc2)CC1. The molecular weight excluding hydrogens is 416 g/mol. The highest BCUT2D eigenvalue weighted by molar-refractivity contribution is 7.20. The van der Waals surface area contributed by atoms with E-state index in [0.717, 1.165) is 66.9 Å². The predicted molar refractivity (Wildman–Crippen MR) is 133 cm³/mol. The zero-order valence-corrected chi connectivity index (χ0v) is 19.8. The number of benzene rings is 2. The van der Waals surface area contributed by atoms with Crippen molar-refractivity contribution in [1.29, 1.82) is 0 Å². The number of fused-ring (bicyclic) bond motifs is 1. The third kappa shape index (κ3) is 5.47. The Balaban J connectivity index is 1.33. The van der Waals surface area contributed by atoms with Crippen molar-refractivity contribution >= 4 is 21.6 Å². The zero-order valence-electron chi connectivity index (χ0n) is 19.0. The molecule has 2 aromatic carbocycles. The molecular formula is C27H32N2O2S. The standard InChI is InChI=1S/C27H32N2O2S/c1-3-5-9-22(8-4-2)27(30)16-18-29(19-17-27)20-21-12-14-23(15-13-21)31-26-28-24-10-6-7-11-25(24)32-26/h5-15,30H,3-4,16-20H2,1-2H3/b9-5-,22-8+. The second kappa shape index (κ2) is 10.4. The van der Waals surface area contributed by atoms with Gasteiger partial charge in [0.1, 0.15) is 5.75 Å². The van der Waals surface area contributed by atoms with E-state index in [0.29, 0.717) is 5.19 Å². The van der Waals surface area contributed by atoms with Crippen LogP contribution in [0.15, 0.2) is 72.3 Å². The van der Waals surface area contributed by atoms with Crippen LogP contribution in [0.4, 0.5) is 0 Å². The van der Waals surface area contributed by atoms with E-state index < -0.39 is 5.60 Å². The monoisotopic (exact) mass is 448 g/mol. The van der Waals surface area contributed by atoms with Crippen molar-refractivity contribution in [3.05, 3.63) is 77.9 Å². The van der Waals surface area contributed by atoms with Crippen LogP contribution in [0.1, 0.15) is 45.1 Å². The minimum atomic E-state index is -0.701. The highest BCUT2D eigenvalue weighted by atomic mass is 32.1. The van der Waals surface area contributed by atoms with Crippen molar-refractivity contribution in [1.82, 2.24) is 9.88 Å². The fraction of sp³-hybridized carbons (Fsp3) is 0.370. The van der Waals surface area contributed by atoms with Gasteiger partial charge < -0.3 is 9.84 Å². The van der Waals surface area contributed by atoms with Gasteiger partial charge in [-0.15, -0.1) is 0 Å². The second-order valence-electron chi connectivity index (χ2n) is 8.38. The Morgan fingerprint density at radius 1 is 1.09 bits per heavy atom. The molecule has 0 unspecified atom stereocenters. The minimum absolute atomic E-state index is 0.669. The summed E-state index contributed by atoms with van der Waals surface area (Å²) in [5.74, 6) is 0.804. The molecule has 1 saturated heterocycles. The number of allylic oxidation sites excluding steroid dienone is 2. The van der Waals surface area contributed by atoms with Gasteiger partial charge in [0, 0.05) is 19.6 Å². The van der Waals surface area contributed by atoms with Crippen molar-refractivity contribution < 1.29 is 9.84 Å². The van der Waals surface area contributed by atoms with E-state index in [-0.39, 0.29) is 0 Å². The van der Waals surface area contributed by atoms with E-state index in [1.165, 1.54) is 5.56 Å². The van der Waals surface area contributed by atoms with Crippen LogP contribution in [-0.2, 0) is 6.54 Å². The largest absolute Gasteiger partial charge is 0.431 e. The molecule has 4 nitrogen and oxygen atoms in total. The molecule has 168 valence electrons. The first-order chi connectivity index (χ1) is 15.6. The van der Waals surface area contributed by atoms with Gasteiger partial charge in [0.2, 0.25) is 0 Å². The lowest BCUT2D eigenvalue weighted by Gasteiger charge is -2.39. The van der Waals surface area contributed by atoms with Gasteiger partial charge in [-0.1, -0.05) is 67.7 Å². The third-order valence-electron chi connectivity index (χ3n) is 5.99. The van der Waals surface area contributed by atoms with Gasteiger partial charge in [0.15, 0.2) is 0 Å². The fourth-order valence-corrected chi connectivity index (χ4v) is 5.00. The van der Waals surface area contributed by atoms with Crippen LogP contribution in [0.3, 0.4) is 0 Å². The van der Waals surface area contributed by atoms with Crippen molar-refractivity contribution in [3.8, 4) is 10.9 Å². The Hall–Kier alpha value is -2.47. The Morgan fingerprint density at radius 2 is 1.84 bits per heavy atom. The smallest absolute Gasteiger partial charge is 0.279 e. The normalized spacial score (nSPS) is 17.3. The average Bonchev–Trinajstić information content (AvgIpc) is 3.22. The van der Waals surface area contributed by atoms with Gasteiger partial charge in [0.05, 0.1) is 15.8 Å². The van der Waals surface area contributed by atoms with Gasteiger partial charge in [-0.2, -0.15) is 0 Å². The Kier molecular flexibility index (Phi) is 7.40. The molecule has 1 aliphatic heterocycles. The van der Waals surface area contributed by atoms with Crippen molar-refractivity contribution in [2.45, 2.75) is 51.7 Å². The topological polar surface area (TPSA) is 45.6 Å². The summed E-state index contributed by atoms with van der Waals surface area (Å²) in [6.45, 7) is 6.92. The molecule has 0 amide bonds. The quantitative estimate of drug-likeness (QED) is 0.389. The summed E-state index contributed by atoms with van der Waals surface area (Å²) < 4.78 is 7.10. The molecule has 1 aliphatic rings. The summed E-state index contributed by atoms with van der Waals surface area (Å²) in [5, 5.41) is 11.9. The maximum absolute atomic E-state index is 11.2. The van der Waals surface area contributed by atoms with Crippen LogP contribution in [-0.4, -0.2) is 33.7 Å². The van der Waals surface area contributed by atoms with Crippen LogP contribution >= 0.6 is 11.3 Å². The summed E-state index contributed by atoms with van der Waals surface area (Å²) in [6.07, 6.45) is 9.90. The molecule has 0 aliphatic carbocycles. The average molecular weight is 449 g/mol. The first-order valence-electron chi connectivity index (χ1n) is 11.5. The number of thiazole rings is 1. The number of hydrogen-bond acceptors (Lipinski definition) is 5. The lowest BCUT2D eigenvalue weighted by Crippen LogP contribution is -2.44. The number of likely N-dealkylation sites (tertiary alicyclic amines) is 1. The van der Waals surface area contributed by atoms with Crippen LogP contribution in [0.5, 0.6) is 10.9 Å². The molecule has 0 atom stereocenters. The number of hydrogen-bond donors (Lipinski definition) is 1. The van der Waals surface area contributed by atoms with Gasteiger partial charge in [-0.3, -0.25) is 4.90 Å². The molecule has 0 spiro atoms. The molecule has 1 aromatic heterocycles. The molecule has 4 rings (SSSR count). The molecule has 5 heteroatoms. The maximum Gasteiger partial charge on any atom is 0.279 e. The summed E-state index contributed by atoms with van der Waals surface area (Å²) in [6, 6.07) is 16.3. The molecule has 1 fully saturated rings. The Morgan fingerprint density at radius 3 is 2.53 bits per heavy atom. The summed E-state index contributed by atoms with van der Waals surface area (Å²) in [5.41, 5.74) is 2.60. The lowest BCUT2D eigenvalue weighted by atomic mass is 9.83. The van der Waals surface area contributed by atoms with Crippen molar-refractivity contribution in [2.75, 3.05) is 13.1 Å². The van der Waals surface area contributed by atoms with Crippen molar-refractivity contribution in [3.63, 3.8) is 0 Å². The number of aromatic nitrogens is 1. The van der Waals surface area contributed by atoms with Crippen LogP contribution in [0.25, 0.3) is 10.2 Å². The number of rotatable bonds is 8. The van der Waals surface area contributed by atoms with E-state index in [2.05, 4.69) is 60.2 Å². The van der Waals surface area contributed by atoms with Gasteiger partial charge in [-0.25, -0.2) is 4.98 Å². The third-order valence-corrected chi connectivity index (χ3v) is 6.90. The molecule has 0 saturated carbocycles. The van der Waals surface area contributed by atoms with Gasteiger partial charge in [-0.05, 0) is 61.1 Å². The maximum atomic E-state index is 11.2. The number of aliphatic hydroxyl groups is 1. The van der Waals surface area contributed by atoms with E-state index in [1.54, 1.807) is 11.3 Å². The minimum Gasteiger partial charge on any atom is -0.431 e. The Labute approximate surface area is 194 Å². The van der Waals surface area contributed by atoms with Crippen LogP contribution < -0.4 is 4.74 Å². The van der Waals surface area contributed by atoms with E-state index in [1.807, 2.05) is 30.3 Å². The Bertz CT molecular complexity index is 1040. The molecule has 1 N–H and O–H groups in total. The lowest BCUT2D eigenvalue weighted by molar-refractivity contribution is 0.00970. The fourth-order valence-electron chi connectivity index (χ4n) is 4.16. The molecule has 2 heterocycles. The van der Waals surface area contributed by atoms with E-state index in [4.69, 9.17) is 4.74 Å². The number of ether oxygens (including phenoxy) is 1. The zero-order chi connectivity index (χ0) is 22.4. The number of piperidine rings is 1. The molecule has 0 bridgehead atoms. The molecule has 32 heavy (non-hydrogen) atoms. The van der Waals surface area contributed by atoms with E-state index >= 15 is 0 Å². The number of nitrogens with zero attached hydrogens (tertiary/aromatic N) is 2. The summed E-state index contributed by atoms with van der Waals surface area (Å²) >= 11 is 1.56. The van der Waals surface area contributed by atoms with Gasteiger partial charge in [0.25, 0.3) is 5.19 Å².